The summed E-state index contributed by atoms with van der Waals surface area (Å²) in [5.74, 6) is -0.0303. The van der Waals surface area contributed by atoms with Crippen molar-refractivity contribution >= 4 is 18.0 Å². The second-order valence-electron chi connectivity index (χ2n) is 3.07. The highest BCUT2D eigenvalue weighted by Crippen LogP contribution is 2.09. The fourth-order valence-electron chi connectivity index (χ4n) is 1.36. The first-order valence-corrected chi connectivity index (χ1v) is 4.61. The summed E-state index contributed by atoms with van der Waals surface area (Å²) >= 11 is 0. The van der Waals surface area contributed by atoms with Crippen LogP contribution in [0.4, 0.5) is 0 Å². The molecule has 2 heterocycles. The van der Waals surface area contributed by atoms with E-state index in [-0.39, 0.29) is 5.69 Å². The van der Waals surface area contributed by atoms with Gasteiger partial charge in [-0.3, -0.25) is 14.8 Å². The van der Waals surface area contributed by atoms with Gasteiger partial charge in [0.15, 0.2) is 5.84 Å². The fraction of sp³-hybridized carbons (Fsp3) is 0.200. The van der Waals surface area contributed by atoms with Crippen LogP contribution in [0.2, 0.25) is 0 Å². The first-order chi connectivity index (χ1) is 7.29. The molecule has 2 rings (SSSR count). The average Bonchev–Trinajstić information content (AvgIpc) is 2.30. The zero-order chi connectivity index (χ0) is 10.7. The molecule has 0 aliphatic carbocycles. The van der Waals surface area contributed by atoms with Crippen LogP contribution in [0.1, 0.15) is 22.5 Å². The smallest absolute Gasteiger partial charge is 0.268 e. The number of amidine groups is 1. The molecule has 0 spiro atoms. The molecule has 15 heavy (non-hydrogen) atoms. The van der Waals surface area contributed by atoms with E-state index in [1.807, 2.05) is 0 Å². The Morgan fingerprint density at radius 3 is 3.00 bits per heavy atom. The van der Waals surface area contributed by atoms with E-state index in [4.69, 9.17) is 5.73 Å². The number of pyridine rings is 1. The van der Waals surface area contributed by atoms with Crippen LogP contribution in [0.5, 0.6) is 0 Å². The first-order valence-electron chi connectivity index (χ1n) is 4.61. The summed E-state index contributed by atoms with van der Waals surface area (Å²) < 4.78 is 0. The molecule has 1 aromatic rings. The van der Waals surface area contributed by atoms with E-state index in [9.17, 15) is 4.79 Å². The summed E-state index contributed by atoms with van der Waals surface area (Å²) in [5.41, 5.74) is 6.03. The highest BCUT2D eigenvalue weighted by Gasteiger charge is 2.14. The predicted octanol–water partition coefficient (Wildman–Crippen LogP) is 0.402. The highest BCUT2D eigenvalue weighted by molar-refractivity contribution is 6.10. The van der Waals surface area contributed by atoms with Crippen molar-refractivity contribution < 1.29 is 4.79 Å². The number of rotatable bonds is 2. The van der Waals surface area contributed by atoms with E-state index in [1.54, 1.807) is 18.3 Å². The van der Waals surface area contributed by atoms with Crippen LogP contribution >= 0.6 is 0 Å². The maximum atomic E-state index is 11.1. The van der Waals surface area contributed by atoms with Gasteiger partial charge in [0.05, 0.1) is 5.56 Å². The van der Waals surface area contributed by atoms with Crippen LogP contribution in [-0.2, 0) is 0 Å². The Balaban J connectivity index is 2.47. The number of carbonyl (C=O) groups excluding carboxylic acids is 1. The quantitative estimate of drug-likeness (QED) is 0.753. The Kier molecular flexibility index (Phi) is 2.53. The van der Waals surface area contributed by atoms with Gasteiger partial charge in [0.25, 0.3) is 5.91 Å². The number of primary amides is 1. The second-order valence-corrected chi connectivity index (χ2v) is 3.07. The molecule has 0 radical (unpaired) electrons. The summed E-state index contributed by atoms with van der Waals surface area (Å²) in [6, 6.07) is 3.48. The van der Waals surface area contributed by atoms with Gasteiger partial charge < -0.3 is 5.73 Å². The maximum Gasteiger partial charge on any atom is 0.268 e. The van der Waals surface area contributed by atoms with Gasteiger partial charge in [-0.1, -0.05) is 0 Å². The molecule has 1 amide bonds. The van der Waals surface area contributed by atoms with Crippen LogP contribution < -0.4 is 5.73 Å². The largest absolute Gasteiger partial charge is 0.364 e. The lowest BCUT2D eigenvalue weighted by Gasteiger charge is -2.07. The van der Waals surface area contributed by atoms with Crippen molar-refractivity contribution in [3.05, 3.63) is 29.6 Å². The van der Waals surface area contributed by atoms with Gasteiger partial charge in [-0.2, -0.15) is 0 Å². The molecule has 0 saturated carbocycles. The Bertz CT molecular complexity index is 450. The molecule has 5 nitrogen and oxygen atoms in total. The molecule has 0 bridgehead atoms. The number of hydrogen-bond acceptors (Lipinski definition) is 4. The third kappa shape index (κ3) is 1.90. The highest BCUT2D eigenvalue weighted by atomic mass is 16.1. The molecular formula is C10H10N4O. The molecule has 0 aromatic carbocycles. The van der Waals surface area contributed by atoms with Gasteiger partial charge in [0, 0.05) is 25.4 Å². The number of hydrogen-bond donors (Lipinski definition) is 1. The predicted molar refractivity (Wildman–Crippen MR) is 57.3 cm³/mol. The molecule has 0 unspecified atom stereocenters. The van der Waals surface area contributed by atoms with Crippen LogP contribution in [0, 0.1) is 0 Å². The number of carbonyl (C=O) groups is 1. The maximum absolute atomic E-state index is 11.1. The third-order valence-corrected chi connectivity index (χ3v) is 2.02. The zero-order valence-corrected chi connectivity index (χ0v) is 8.05. The van der Waals surface area contributed by atoms with E-state index in [2.05, 4.69) is 15.0 Å². The topological polar surface area (TPSA) is 80.7 Å². The molecule has 1 aliphatic heterocycles. The molecule has 5 heteroatoms. The minimum atomic E-state index is -0.561. The SMILES string of the molecule is NC(=O)c1ncccc1C1=NCCC=N1. The lowest BCUT2D eigenvalue weighted by atomic mass is 10.1. The molecule has 1 aliphatic rings. The molecular weight excluding hydrogens is 192 g/mol. The van der Waals surface area contributed by atoms with Gasteiger partial charge in [-0.15, -0.1) is 0 Å². The number of amides is 1. The van der Waals surface area contributed by atoms with Crippen molar-refractivity contribution in [3.63, 3.8) is 0 Å². The van der Waals surface area contributed by atoms with Gasteiger partial charge in [0.1, 0.15) is 5.69 Å². The molecule has 2 N–H and O–H groups in total. The van der Waals surface area contributed by atoms with E-state index in [1.165, 1.54) is 6.20 Å². The van der Waals surface area contributed by atoms with Crippen LogP contribution in [0.3, 0.4) is 0 Å². The van der Waals surface area contributed by atoms with E-state index >= 15 is 0 Å². The molecule has 76 valence electrons. The fourth-order valence-corrected chi connectivity index (χ4v) is 1.36. The van der Waals surface area contributed by atoms with Crippen molar-refractivity contribution in [2.75, 3.05) is 6.54 Å². The van der Waals surface area contributed by atoms with Crippen molar-refractivity contribution in [3.8, 4) is 0 Å². The Hall–Kier alpha value is -2.04. The van der Waals surface area contributed by atoms with E-state index in [0.29, 0.717) is 17.9 Å². The first kappa shape index (κ1) is 9.51. The Labute approximate surface area is 86.8 Å². The molecule has 0 saturated heterocycles. The average molecular weight is 202 g/mol. The summed E-state index contributed by atoms with van der Waals surface area (Å²) in [6.45, 7) is 0.686. The number of nitrogens with two attached hydrogens (primary N) is 1. The second kappa shape index (κ2) is 4.00. The number of aliphatic imine (C=N–C) groups is 2. The van der Waals surface area contributed by atoms with Gasteiger partial charge >= 0.3 is 0 Å². The summed E-state index contributed by atoms with van der Waals surface area (Å²) in [7, 11) is 0. The third-order valence-electron chi connectivity index (χ3n) is 2.02. The molecule has 1 aromatic heterocycles. The van der Waals surface area contributed by atoms with Crippen LogP contribution in [0.25, 0.3) is 0 Å². The van der Waals surface area contributed by atoms with E-state index < -0.39 is 5.91 Å². The van der Waals surface area contributed by atoms with Gasteiger partial charge in [-0.05, 0) is 12.1 Å². The number of aromatic nitrogens is 1. The minimum Gasteiger partial charge on any atom is -0.364 e. The van der Waals surface area contributed by atoms with Crippen molar-refractivity contribution in [1.29, 1.82) is 0 Å². The van der Waals surface area contributed by atoms with Gasteiger partial charge in [0.2, 0.25) is 0 Å². The lowest BCUT2D eigenvalue weighted by Crippen LogP contribution is -2.18. The number of nitrogens with zero attached hydrogens (tertiary/aromatic N) is 3. The monoisotopic (exact) mass is 202 g/mol. The van der Waals surface area contributed by atoms with Crippen LogP contribution in [-0.4, -0.2) is 29.5 Å². The van der Waals surface area contributed by atoms with Crippen molar-refractivity contribution in [2.24, 2.45) is 15.7 Å². The zero-order valence-electron chi connectivity index (χ0n) is 8.05. The van der Waals surface area contributed by atoms with E-state index in [0.717, 1.165) is 6.42 Å². The molecule has 0 atom stereocenters. The standard InChI is InChI=1S/C10H10N4O/c11-9(15)8-7(3-1-4-12-8)10-13-5-2-6-14-10/h1,3-5H,2,6H2,(H2,11,15). The minimum absolute atomic E-state index is 0.218. The summed E-state index contributed by atoms with van der Waals surface area (Å²) in [5, 5.41) is 0. The normalized spacial score (nSPS) is 14.8. The van der Waals surface area contributed by atoms with Crippen LogP contribution in [0.15, 0.2) is 28.3 Å². The lowest BCUT2D eigenvalue weighted by molar-refractivity contribution is 0.0995. The molecule has 0 fully saturated rings. The van der Waals surface area contributed by atoms with Crippen molar-refractivity contribution in [1.82, 2.24) is 4.98 Å². The summed E-state index contributed by atoms with van der Waals surface area (Å²) in [4.78, 5) is 23.4. The van der Waals surface area contributed by atoms with Gasteiger partial charge in [-0.25, -0.2) is 4.99 Å². The Morgan fingerprint density at radius 2 is 2.33 bits per heavy atom. The Morgan fingerprint density at radius 1 is 1.47 bits per heavy atom. The summed E-state index contributed by atoms with van der Waals surface area (Å²) in [6.07, 6.45) is 4.13. The van der Waals surface area contributed by atoms with Crippen molar-refractivity contribution in [2.45, 2.75) is 6.42 Å².